The number of nitrogens with one attached hydrogen (secondary N) is 2. The van der Waals surface area contributed by atoms with Crippen molar-refractivity contribution in [3.05, 3.63) is 66.0 Å². The molecule has 2 rings (SSSR count). The number of hydrazone groups is 1. The number of rotatable bonds is 5. The van der Waals surface area contributed by atoms with Crippen LogP contribution in [-0.2, 0) is 4.79 Å². The third-order valence-corrected chi connectivity index (χ3v) is 3.15. The molecule has 0 aliphatic rings. The largest absolute Gasteiger partial charge is 0.374 e. The van der Waals surface area contributed by atoms with Crippen molar-refractivity contribution in [1.29, 1.82) is 0 Å². The van der Waals surface area contributed by atoms with Crippen LogP contribution in [0.15, 0.2) is 59.7 Å². The van der Waals surface area contributed by atoms with Gasteiger partial charge in [-0.25, -0.2) is 9.82 Å². The molecule has 0 aliphatic heterocycles. The molecule has 5 heteroatoms. The van der Waals surface area contributed by atoms with Gasteiger partial charge >= 0.3 is 0 Å². The number of carbonyl (C=O) groups is 1. The van der Waals surface area contributed by atoms with Gasteiger partial charge in [-0.3, -0.25) is 4.79 Å². The lowest BCUT2D eigenvalue weighted by atomic mass is 10.1. The Morgan fingerprint density at radius 1 is 1.09 bits per heavy atom. The summed E-state index contributed by atoms with van der Waals surface area (Å²) < 4.78 is 12.9. The van der Waals surface area contributed by atoms with Crippen LogP contribution < -0.4 is 10.7 Å². The first-order valence-corrected chi connectivity index (χ1v) is 6.98. The quantitative estimate of drug-likeness (QED) is 0.658. The molecular weight excluding hydrogens is 281 g/mol. The Kier molecular flexibility index (Phi) is 5.25. The first-order valence-electron chi connectivity index (χ1n) is 6.98. The van der Waals surface area contributed by atoms with Crippen LogP contribution in [0.1, 0.15) is 19.4 Å². The number of para-hydroxylation sites is 1. The number of carbonyl (C=O) groups excluding carboxylic acids is 1. The van der Waals surface area contributed by atoms with E-state index in [2.05, 4.69) is 15.8 Å². The molecule has 0 saturated carbocycles. The molecule has 0 fully saturated rings. The number of hydrogen-bond acceptors (Lipinski definition) is 3. The molecule has 2 aromatic carbocycles. The lowest BCUT2D eigenvalue weighted by molar-refractivity contribution is -0.121. The van der Waals surface area contributed by atoms with Crippen molar-refractivity contribution in [2.75, 3.05) is 5.32 Å². The van der Waals surface area contributed by atoms with Crippen molar-refractivity contribution >= 4 is 17.3 Å². The van der Waals surface area contributed by atoms with E-state index in [4.69, 9.17) is 0 Å². The zero-order valence-corrected chi connectivity index (χ0v) is 12.5. The second-order valence-electron chi connectivity index (χ2n) is 4.91. The van der Waals surface area contributed by atoms with Gasteiger partial charge in [-0.2, -0.15) is 5.10 Å². The summed E-state index contributed by atoms with van der Waals surface area (Å²) in [5, 5.41) is 7.12. The maximum absolute atomic E-state index is 12.9. The Hall–Kier alpha value is -2.69. The van der Waals surface area contributed by atoms with Crippen LogP contribution >= 0.6 is 0 Å². The molecule has 2 aromatic rings. The van der Waals surface area contributed by atoms with Crippen molar-refractivity contribution in [1.82, 2.24) is 5.43 Å². The average Bonchev–Trinajstić information content (AvgIpc) is 2.53. The Morgan fingerprint density at radius 2 is 1.73 bits per heavy atom. The second kappa shape index (κ2) is 7.36. The highest BCUT2D eigenvalue weighted by Gasteiger charge is 2.11. The molecule has 0 aliphatic carbocycles. The summed E-state index contributed by atoms with van der Waals surface area (Å²) in [5.74, 6) is -0.549. The fourth-order valence-corrected chi connectivity index (χ4v) is 1.84. The van der Waals surface area contributed by atoms with E-state index in [0.29, 0.717) is 5.71 Å². The second-order valence-corrected chi connectivity index (χ2v) is 4.91. The van der Waals surface area contributed by atoms with Crippen molar-refractivity contribution < 1.29 is 9.18 Å². The topological polar surface area (TPSA) is 53.5 Å². The molecule has 1 atom stereocenters. The third kappa shape index (κ3) is 4.41. The smallest absolute Gasteiger partial charge is 0.262 e. The van der Waals surface area contributed by atoms with Crippen LogP contribution in [0.2, 0.25) is 0 Å². The summed E-state index contributed by atoms with van der Waals surface area (Å²) in [5.41, 5.74) is 4.74. The molecule has 0 spiro atoms. The van der Waals surface area contributed by atoms with E-state index in [0.717, 1.165) is 11.3 Å². The lowest BCUT2D eigenvalue weighted by Crippen LogP contribution is -2.35. The molecule has 0 bridgehead atoms. The highest BCUT2D eigenvalue weighted by atomic mass is 19.1. The van der Waals surface area contributed by atoms with Gasteiger partial charge in [0.25, 0.3) is 5.91 Å². The Morgan fingerprint density at radius 3 is 2.36 bits per heavy atom. The SMILES string of the molecule is CC(=NNC(=O)C(C)Nc1ccccc1)c1ccc(F)cc1. The molecule has 2 N–H and O–H groups in total. The van der Waals surface area contributed by atoms with Crippen molar-refractivity contribution in [2.24, 2.45) is 5.10 Å². The van der Waals surface area contributed by atoms with Crippen molar-refractivity contribution in [2.45, 2.75) is 19.9 Å². The highest BCUT2D eigenvalue weighted by Crippen LogP contribution is 2.07. The predicted octanol–water partition coefficient (Wildman–Crippen LogP) is 3.17. The lowest BCUT2D eigenvalue weighted by Gasteiger charge is -2.13. The first-order chi connectivity index (χ1) is 10.6. The van der Waals surface area contributed by atoms with Crippen LogP contribution in [-0.4, -0.2) is 17.7 Å². The third-order valence-electron chi connectivity index (χ3n) is 3.15. The fourth-order valence-electron chi connectivity index (χ4n) is 1.84. The van der Waals surface area contributed by atoms with E-state index >= 15 is 0 Å². The van der Waals surface area contributed by atoms with Gasteiger partial charge in [-0.1, -0.05) is 30.3 Å². The Bertz CT molecular complexity index is 653. The average molecular weight is 299 g/mol. The van der Waals surface area contributed by atoms with Crippen molar-refractivity contribution in [3.63, 3.8) is 0 Å². The molecule has 4 nitrogen and oxygen atoms in total. The fraction of sp³-hybridized carbons (Fsp3) is 0.176. The number of benzene rings is 2. The predicted molar refractivity (Wildman–Crippen MR) is 86.3 cm³/mol. The van der Waals surface area contributed by atoms with Gasteiger partial charge in [0.2, 0.25) is 0 Å². The number of hydrogen-bond donors (Lipinski definition) is 2. The zero-order valence-electron chi connectivity index (χ0n) is 12.5. The van der Waals surface area contributed by atoms with Crippen LogP contribution in [0.4, 0.5) is 10.1 Å². The standard InChI is InChI=1S/C17H18FN3O/c1-12(14-8-10-15(18)11-9-14)20-21-17(22)13(2)19-16-6-4-3-5-7-16/h3-11,13,19H,1-2H3,(H,21,22). The molecule has 0 radical (unpaired) electrons. The van der Waals surface area contributed by atoms with Crippen LogP contribution in [0.3, 0.4) is 0 Å². The minimum absolute atomic E-state index is 0.245. The van der Waals surface area contributed by atoms with E-state index in [-0.39, 0.29) is 11.7 Å². The van der Waals surface area contributed by atoms with Gasteiger partial charge in [-0.05, 0) is 43.7 Å². The summed E-state index contributed by atoms with van der Waals surface area (Å²) in [7, 11) is 0. The molecular formula is C17H18FN3O. The molecule has 22 heavy (non-hydrogen) atoms. The van der Waals surface area contributed by atoms with Gasteiger partial charge in [0.1, 0.15) is 11.9 Å². The summed E-state index contributed by atoms with van der Waals surface area (Å²) in [6.07, 6.45) is 0. The van der Waals surface area contributed by atoms with Gasteiger partial charge in [0.05, 0.1) is 5.71 Å². The molecule has 0 aromatic heterocycles. The Balaban J connectivity index is 1.93. The Labute approximate surface area is 129 Å². The molecule has 0 saturated heterocycles. The molecule has 114 valence electrons. The van der Waals surface area contributed by atoms with Crippen LogP contribution in [0, 0.1) is 5.82 Å². The van der Waals surface area contributed by atoms with Crippen LogP contribution in [0.25, 0.3) is 0 Å². The van der Waals surface area contributed by atoms with Gasteiger partial charge in [-0.15, -0.1) is 0 Å². The van der Waals surface area contributed by atoms with Crippen molar-refractivity contribution in [3.8, 4) is 0 Å². The van der Waals surface area contributed by atoms with Gasteiger partial charge in [0, 0.05) is 5.69 Å². The normalized spacial score (nSPS) is 12.6. The zero-order chi connectivity index (χ0) is 15.9. The summed E-state index contributed by atoms with van der Waals surface area (Å²) in [6.45, 7) is 3.51. The monoisotopic (exact) mass is 299 g/mol. The number of halogens is 1. The first kappa shape index (κ1) is 15.7. The van der Waals surface area contributed by atoms with E-state index in [1.54, 1.807) is 26.0 Å². The molecule has 1 amide bonds. The summed E-state index contributed by atoms with van der Waals surface area (Å²) in [4.78, 5) is 12.0. The van der Waals surface area contributed by atoms with E-state index in [1.165, 1.54) is 12.1 Å². The van der Waals surface area contributed by atoms with Gasteiger partial charge < -0.3 is 5.32 Å². The minimum Gasteiger partial charge on any atom is -0.374 e. The minimum atomic E-state index is -0.424. The summed E-state index contributed by atoms with van der Waals surface area (Å²) in [6, 6.07) is 15.0. The highest BCUT2D eigenvalue weighted by molar-refractivity contribution is 5.99. The number of nitrogens with zero attached hydrogens (tertiary/aromatic N) is 1. The maximum atomic E-state index is 12.9. The molecule has 0 heterocycles. The van der Waals surface area contributed by atoms with Gasteiger partial charge in [0.15, 0.2) is 0 Å². The van der Waals surface area contributed by atoms with E-state index < -0.39 is 6.04 Å². The number of anilines is 1. The number of amides is 1. The van der Waals surface area contributed by atoms with Crippen LogP contribution in [0.5, 0.6) is 0 Å². The summed E-state index contributed by atoms with van der Waals surface area (Å²) >= 11 is 0. The van der Waals surface area contributed by atoms with E-state index in [1.807, 2.05) is 30.3 Å². The maximum Gasteiger partial charge on any atom is 0.262 e. The molecule has 1 unspecified atom stereocenters. The van der Waals surface area contributed by atoms with E-state index in [9.17, 15) is 9.18 Å².